The molecule has 5 rings (SSSR count). The minimum Gasteiger partial charge on any atom is -0.383 e. The molecule has 0 bridgehead atoms. The van der Waals surface area contributed by atoms with Gasteiger partial charge in [0.2, 0.25) is 0 Å². The van der Waals surface area contributed by atoms with Crippen LogP contribution in [0.1, 0.15) is 31.9 Å². The van der Waals surface area contributed by atoms with Gasteiger partial charge in [-0.3, -0.25) is 5.10 Å². The Labute approximate surface area is 169 Å². The van der Waals surface area contributed by atoms with E-state index < -0.39 is 0 Å². The van der Waals surface area contributed by atoms with Gasteiger partial charge in [0, 0.05) is 41.3 Å². The van der Waals surface area contributed by atoms with E-state index in [-0.39, 0.29) is 6.10 Å². The lowest BCUT2D eigenvalue weighted by Crippen LogP contribution is -2.29. The van der Waals surface area contributed by atoms with Gasteiger partial charge in [-0.25, -0.2) is 4.98 Å². The Balaban J connectivity index is 1.38. The molecule has 1 aromatic carbocycles. The van der Waals surface area contributed by atoms with Crippen molar-refractivity contribution in [3.05, 3.63) is 42.2 Å². The van der Waals surface area contributed by atoms with Gasteiger partial charge in [0.1, 0.15) is 5.82 Å². The minimum atomic E-state index is 0.278. The molecule has 3 aromatic heterocycles. The lowest BCUT2D eigenvalue weighted by molar-refractivity contribution is 0.0376. The zero-order valence-corrected chi connectivity index (χ0v) is 16.5. The average molecular weight is 390 g/mol. The predicted octanol–water partition coefficient (Wildman–Crippen LogP) is 3.74. The van der Waals surface area contributed by atoms with Crippen molar-refractivity contribution >= 4 is 27.6 Å². The van der Waals surface area contributed by atoms with Crippen LogP contribution in [-0.4, -0.2) is 38.9 Å². The molecule has 1 aliphatic carbocycles. The second-order valence-corrected chi connectivity index (χ2v) is 7.77. The number of aromatic amines is 2. The van der Waals surface area contributed by atoms with Crippen LogP contribution >= 0.6 is 0 Å². The maximum absolute atomic E-state index is 6.27. The number of nitrogens with one attached hydrogen (secondary N) is 3. The number of nitrogens with zero attached hydrogens (tertiary/aromatic N) is 2. The number of ether oxygens (including phenoxy) is 1. The number of fused-ring (bicyclic) bond motifs is 3. The number of hydrogen-bond donors (Lipinski definition) is 4. The standard InChI is InChI=1S/C22H26N6O/c1-2-15(29-16-4-5-16)12-24-11-14-10-18-21(26-14)17-6-3-13(19-7-8-25-28-19)9-20(17)27-22(18)23/h3,6-10,15-16,24,26H,2,4-5,11-12H2,1H3,(H2,23,27)(H,25,28)/t15-/m0/s1. The lowest BCUT2D eigenvalue weighted by atomic mass is 10.1. The summed E-state index contributed by atoms with van der Waals surface area (Å²) in [6.45, 7) is 3.77. The molecule has 150 valence electrons. The van der Waals surface area contributed by atoms with Crippen LogP contribution in [0.2, 0.25) is 0 Å². The molecule has 1 fully saturated rings. The van der Waals surface area contributed by atoms with Crippen molar-refractivity contribution < 1.29 is 4.74 Å². The highest BCUT2D eigenvalue weighted by Gasteiger charge is 2.25. The summed E-state index contributed by atoms with van der Waals surface area (Å²) in [6.07, 6.45) is 6.02. The molecule has 0 spiro atoms. The van der Waals surface area contributed by atoms with Crippen molar-refractivity contribution in [1.29, 1.82) is 0 Å². The smallest absolute Gasteiger partial charge is 0.133 e. The summed E-state index contributed by atoms with van der Waals surface area (Å²) < 4.78 is 6.02. The molecule has 0 unspecified atom stereocenters. The Morgan fingerprint density at radius 1 is 1.24 bits per heavy atom. The Morgan fingerprint density at radius 3 is 2.90 bits per heavy atom. The average Bonchev–Trinajstić information content (AvgIpc) is 3.19. The zero-order chi connectivity index (χ0) is 19.8. The minimum absolute atomic E-state index is 0.278. The third kappa shape index (κ3) is 3.71. The van der Waals surface area contributed by atoms with E-state index in [9.17, 15) is 0 Å². The highest BCUT2D eigenvalue weighted by molar-refractivity contribution is 6.08. The first kappa shape index (κ1) is 18.1. The molecule has 3 heterocycles. The maximum Gasteiger partial charge on any atom is 0.133 e. The van der Waals surface area contributed by atoms with Gasteiger partial charge in [0.25, 0.3) is 0 Å². The van der Waals surface area contributed by atoms with Crippen LogP contribution in [0.5, 0.6) is 0 Å². The molecule has 7 heteroatoms. The van der Waals surface area contributed by atoms with Gasteiger partial charge >= 0.3 is 0 Å². The monoisotopic (exact) mass is 390 g/mol. The third-order valence-electron chi connectivity index (χ3n) is 5.51. The Kier molecular flexibility index (Phi) is 4.69. The molecular weight excluding hydrogens is 364 g/mol. The van der Waals surface area contributed by atoms with Crippen LogP contribution in [0, 0.1) is 0 Å². The molecule has 0 aliphatic heterocycles. The van der Waals surface area contributed by atoms with E-state index in [1.165, 1.54) is 12.8 Å². The van der Waals surface area contributed by atoms with Gasteiger partial charge in [-0.15, -0.1) is 0 Å². The number of pyridine rings is 1. The van der Waals surface area contributed by atoms with Crippen molar-refractivity contribution in [2.45, 2.75) is 44.9 Å². The van der Waals surface area contributed by atoms with Crippen LogP contribution in [0.15, 0.2) is 36.5 Å². The Bertz CT molecular complexity index is 1130. The summed E-state index contributed by atoms with van der Waals surface area (Å²) in [5.74, 6) is 0.540. The van der Waals surface area contributed by atoms with Crippen molar-refractivity contribution in [2.24, 2.45) is 0 Å². The van der Waals surface area contributed by atoms with Crippen LogP contribution in [-0.2, 0) is 11.3 Å². The first-order valence-electron chi connectivity index (χ1n) is 10.3. The van der Waals surface area contributed by atoms with Crippen molar-refractivity contribution in [1.82, 2.24) is 25.5 Å². The van der Waals surface area contributed by atoms with Gasteiger partial charge in [0.15, 0.2) is 0 Å². The molecule has 0 saturated heterocycles. The van der Waals surface area contributed by atoms with E-state index >= 15 is 0 Å². The summed E-state index contributed by atoms with van der Waals surface area (Å²) >= 11 is 0. The first-order chi connectivity index (χ1) is 14.2. The van der Waals surface area contributed by atoms with E-state index in [0.717, 1.165) is 58.3 Å². The lowest BCUT2D eigenvalue weighted by Gasteiger charge is -2.16. The number of rotatable bonds is 8. The van der Waals surface area contributed by atoms with Gasteiger partial charge in [-0.05, 0) is 37.5 Å². The van der Waals surface area contributed by atoms with E-state index in [2.05, 4.69) is 50.6 Å². The van der Waals surface area contributed by atoms with E-state index in [1.807, 2.05) is 18.3 Å². The molecule has 0 radical (unpaired) electrons. The van der Waals surface area contributed by atoms with Crippen molar-refractivity contribution in [3.8, 4) is 11.3 Å². The fraction of sp³-hybridized carbons (Fsp3) is 0.364. The van der Waals surface area contributed by atoms with Crippen LogP contribution in [0.3, 0.4) is 0 Å². The number of nitrogen functional groups attached to an aromatic ring is 1. The molecular formula is C22H26N6O. The number of aromatic nitrogens is 4. The molecule has 1 saturated carbocycles. The predicted molar refractivity (Wildman–Crippen MR) is 115 cm³/mol. The van der Waals surface area contributed by atoms with Gasteiger partial charge in [-0.2, -0.15) is 5.10 Å². The molecule has 1 aliphatic rings. The molecule has 5 N–H and O–H groups in total. The summed E-state index contributed by atoms with van der Waals surface area (Å²) in [4.78, 5) is 8.16. The van der Waals surface area contributed by atoms with Gasteiger partial charge in [0.05, 0.1) is 28.9 Å². The zero-order valence-electron chi connectivity index (χ0n) is 16.5. The van der Waals surface area contributed by atoms with Gasteiger partial charge in [-0.1, -0.05) is 19.1 Å². The highest BCUT2D eigenvalue weighted by atomic mass is 16.5. The Hall–Kier alpha value is -2.90. The molecule has 1 atom stereocenters. The summed E-state index contributed by atoms with van der Waals surface area (Å²) in [6, 6.07) is 10.2. The first-order valence-corrected chi connectivity index (χ1v) is 10.3. The fourth-order valence-corrected chi connectivity index (χ4v) is 3.76. The van der Waals surface area contributed by atoms with Crippen LogP contribution in [0.4, 0.5) is 5.82 Å². The summed E-state index contributed by atoms with van der Waals surface area (Å²) in [7, 11) is 0. The highest BCUT2D eigenvalue weighted by Crippen LogP contribution is 2.31. The fourth-order valence-electron chi connectivity index (χ4n) is 3.76. The Morgan fingerprint density at radius 2 is 2.14 bits per heavy atom. The van der Waals surface area contributed by atoms with E-state index in [0.29, 0.717) is 11.9 Å². The number of hydrogen-bond acceptors (Lipinski definition) is 5. The number of benzene rings is 1. The molecule has 4 aromatic rings. The topological polar surface area (TPSA) is 105 Å². The second-order valence-electron chi connectivity index (χ2n) is 7.77. The van der Waals surface area contributed by atoms with Crippen LogP contribution in [0.25, 0.3) is 33.1 Å². The maximum atomic E-state index is 6.27. The molecule has 7 nitrogen and oxygen atoms in total. The molecule has 0 amide bonds. The van der Waals surface area contributed by atoms with E-state index in [1.54, 1.807) is 0 Å². The van der Waals surface area contributed by atoms with Crippen molar-refractivity contribution in [3.63, 3.8) is 0 Å². The van der Waals surface area contributed by atoms with Gasteiger partial charge < -0.3 is 20.8 Å². The number of anilines is 1. The normalized spacial score (nSPS) is 15.3. The van der Waals surface area contributed by atoms with Crippen LogP contribution < -0.4 is 11.1 Å². The van der Waals surface area contributed by atoms with Crippen molar-refractivity contribution in [2.75, 3.05) is 12.3 Å². The number of nitrogens with two attached hydrogens (primary N) is 1. The number of H-pyrrole nitrogens is 2. The quantitative estimate of drug-likeness (QED) is 0.367. The summed E-state index contributed by atoms with van der Waals surface area (Å²) in [5, 5.41) is 12.6. The second kappa shape index (κ2) is 7.50. The van der Waals surface area contributed by atoms with E-state index in [4.69, 9.17) is 10.5 Å². The largest absolute Gasteiger partial charge is 0.383 e. The molecule has 29 heavy (non-hydrogen) atoms. The summed E-state index contributed by atoms with van der Waals surface area (Å²) in [5.41, 5.74) is 11.2. The SMILES string of the molecule is CC[C@@H](CNCc1cc2c(N)nc3cc(-c4cc[nH]n4)ccc3c2[nH]1)OC1CC1. The third-order valence-corrected chi connectivity index (χ3v) is 5.51.